The predicted molar refractivity (Wildman–Crippen MR) is 134 cm³/mol. The summed E-state index contributed by atoms with van der Waals surface area (Å²) in [6.45, 7) is 4.34. The molecule has 0 aliphatic rings. The second kappa shape index (κ2) is 12.8. The number of fused-ring (bicyclic) bond motifs is 1. The maximum Gasteiger partial charge on any atom is 0.141 e. The normalized spacial score (nSPS) is 11.4. The van der Waals surface area contributed by atoms with Crippen LogP contribution in [-0.4, -0.2) is 0 Å². The van der Waals surface area contributed by atoms with Crippen molar-refractivity contribution in [1.82, 2.24) is 0 Å². The summed E-state index contributed by atoms with van der Waals surface area (Å²) in [7, 11) is 0. The highest BCUT2D eigenvalue weighted by Crippen LogP contribution is 2.34. The molecule has 0 aliphatic carbocycles. The smallest absolute Gasteiger partial charge is 0.141 e. The molecule has 0 bridgehead atoms. The van der Waals surface area contributed by atoms with E-state index in [1.807, 2.05) is 12.1 Å². The average molecular weight is 455 g/mol. The summed E-state index contributed by atoms with van der Waals surface area (Å²) >= 11 is 0. The molecule has 0 heterocycles. The van der Waals surface area contributed by atoms with E-state index < -0.39 is 17.5 Å². The summed E-state index contributed by atoms with van der Waals surface area (Å²) in [6, 6.07) is 11.9. The lowest BCUT2D eigenvalue weighted by Gasteiger charge is -2.12. The van der Waals surface area contributed by atoms with Crippen molar-refractivity contribution in [3.63, 3.8) is 0 Å². The first-order valence-electron chi connectivity index (χ1n) is 12.7. The van der Waals surface area contributed by atoms with Gasteiger partial charge in [0.15, 0.2) is 0 Å². The van der Waals surface area contributed by atoms with Crippen LogP contribution in [0.2, 0.25) is 0 Å². The molecule has 0 unspecified atom stereocenters. The van der Waals surface area contributed by atoms with Gasteiger partial charge in [-0.25, -0.2) is 13.2 Å². The van der Waals surface area contributed by atoms with E-state index >= 15 is 8.78 Å². The molecule has 0 radical (unpaired) electrons. The zero-order valence-electron chi connectivity index (χ0n) is 20.2. The second-order valence-electron chi connectivity index (χ2n) is 9.21. The summed E-state index contributed by atoms with van der Waals surface area (Å²) in [6.07, 6.45) is 13.1. The van der Waals surface area contributed by atoms with Crippen LogP contribution < -0.4 is 0 Å². The van der Waals surface area contributed by atoms with Gasteiger partial charge in [0.25, 0.3) is 0 Å². The Balaban J connectivity index is 1.75. The van der Waals surface area contributed by atoms with Crippen molar-refractivity contribution in [2.75, 3.05) is 0 Å². The maximum absolute atomic E-state index is 15.3. The molecule has 0 saturated heterocycles. The fourth-order valence-electron chi connectivity index (χ4n) is 4.56. The Morgan fingerprint density at radius 3 is 1.88 bits per heavy atom. The van der Waals surface area contributed by atoms with E-state index in [-0.39, 0.29) is 16.3 Å². The van der Waals surface area contributed by atoms with Gasteiger partial charge in [-0.2, -0.15) is 0 Å². The van der Waals surface area contributed by atoms with Gasteiger partial charge < -0.3 is 0 Å². The second-order valence-corrected chi connectivity index (χ2v) is 9.21. The largest absolute Gasteiger partial charge is 0.206 e. The maximum atomic E-state index is 15.3. The first-order chi connectivity index (χ1) is 16.1. The van der Waals surface area contributed by atoms with Crippen molar-refractivity contribution < 1.29 is 13.2 Å². The van der Waals surface area contributed by atoms with E-state index in [0.717, 1.165) is 44.6 Å². The van der Waals surface area contributed by atoms with E-state index in [9.17, 15) is 4.39 Å². The quantitative estimate of drug-likeness (QED) is 0.225. The molecule has 0 atom stereocenters. The van der Waals surface area contributed by atoms with Crippen molar-refractivity contribution in [2.45, 2.75) is 90.9 Å². The van der Waals surface area contributed by atoms with Crippen LogP contribution in [0.3, 0.4) is 0 Å². The van der Waals surface area contributed by atoms with Gasteiger partial charge in [0.2, 0.25) is 0 Å². The molecule has 3 aromatic carbocycles. The number of benzene rings is 3. The van der Waals surface area contributed by atoms with Crippen LogP contribution >= 0.6 is 0 Å². The average Bonchev–Trinajstić information content (AvgIpc) is 2.81. The van der Waals surface area contributed by atoms with Crippen molar-refractivity contribution in [3.8, 4) is 11.1 Å². The fourth-order valence-corrected chi connectivity index (χ4v) is 4.56. The summed E-state index contributed by atoms with van der Waals surface area (Å²) in [4.78, 5) is 0. The van der Waals surface area contributed by atoms with Crippen LogP contribution in [0.15, 0.2) is 42.5 Å². The minimum Gasteiger partial charge on any atom is -0.206 e. The third-order valence-electron chi connectivity index (χ3n) is 6.59. The van der Waals surface area contributed by atoms with Crippen LogP contribution in [0.25, 0.3) is 21.9 Å². The fraction of sp³-hybridized carbons (Fsp3) is 0.467. The molecular weight excluding hydrogens is 417 g/mol. The molecule has 33 heavy (non-hydrogen) atoms. The Morgan fingerprint density at radius 1 is 0.576 bits per heavy atom. The zero-order valence-corrected chi connectivity index (χ0v) is 20.2. The lowest BCUT2D eigenvalue weighted by atomic mass is 9.95. The van der Waals surface area contributed by atoms with Crippen LogP contribution in [0, 0.1) is 17.5 Å². The lowest BCUT2D eigenvalue weighted by molar-refractivity contribution is 0.586. The molecule has 0 saturated carbocycles. The number of hydrogen-bond donors (Lipinski definition) is 0. The van der Waals surface area contributed by atoms with E-state index in [0.29, 0.717) is 17.5 Å². The van der Waals surface area contributed by atoms with Gasteiger partial charge in [-0.3, -0.25) is 0 Å². The highest BCUT2D eigenvalue weighted by Gasteiger charge is 2.19. The van der Waals surface area contributed by atoms with Crippen LogP contribution in [-0.2, 0) is 12.8 Å². The van der Waals surface area contributed by atoms with E-state index in [1.165, 1.54) is 37.7 Å². The Kier molecular flexibility index (Phi) is 9.84. The zero-order chi connectivity index (χ0) is 23.6. The van der Waals surface area contributed by atoms with Crippen LogP contribution in [0.5, 0.6) is 0 Å². The van der Waals surface area contributed by atoms with E-state index in [2.05, 4.69) is 13.8 Å². The van der Waals surface area contributed by atoms with E-state index in [1.54, 1.807) is 24.3 Å². The Morgan fingerprint density at radius 2 is 1.18 bits per heavy atom. The highest BCUT2D eigenvalue weighted by atomic mass is 19.1. The molecule has 178 valence electrons. The summed E-state index contributed by atoms with van der Waals surface area (Å²) in [5.74, 6) is -1.90. The van der Waals surface area contributed by atoms with Gasteiger partial charge in [0.1, 0.15) is 17.5 Å². The number of rotatable bonds is 13. The van der Waals surface area contributed by atoms with E-state index in [4.69, 9.17) is 0 Å². The molecule has 0 fully saturated rings. The van der Waals surface area contributed by atoms with Crippen molar-refractivity contribution in [3.05, 3.63) is 71.0 Å². The Hall–Kier alpha value is -2.29. The first kappa shape index (κ1) is 25.3. The molecule has 0 aromatic heterocycles. The number of halogens is 3. The number of aryl methyl sites for hydroxylation is 2. The molecule has 3 rings (SSSR count). The van der Waals surface area contributed by atoms with Gasteiger partial charge in [0, 0.05) is 10.8 Å². The minimum atomic E-state index is -0.717. The van der Waals surface area contributed by atoms with Gasteiger partial charge in [-0.05, 0) is 48.4 Å². The van der Waals surface area contributed by atoms with Crippen molar-refractivity contribution in [1.29, 1.82) is 0 Å². The molecule has 0 aliphatic heterocycles. The molecule has 3 aromatic rings. The van der Waals surface area contributed by atoms with Crippen molar-refractivity contribution >= 4 is 10.8 Å². The van der Waals surface area contributed by atoms with Gasteiger partial charge in [-0.15, -0.1) is 0 Å². The minimum absolute atomic E-state index is 0.0291. The predicted octanol–water partition coefficient (Wildman–Crippen LogP) is 9.95. The topological polar surface area (TPSA) is 0 Å². The molecule has 3 heteroatoms. The highest BCUT2D eigenvalue weighted by molar-refractivity contribution is 5.89. The third-order valence-corrected chi connectivity index (χ3v) is 6.59. The van der Waals surface area contributed by atoms with Crippen LogP contribution in [0.1, 0.15) is 89.2 Å². The molecule has 0 spiro atoms. The standard InChI is InChI=1S/C30H37F3/c1-3-5-7-9-10-11-13-22-15-17-23(18-16-22)28-27(31)21-26-25(30(28)33)20-19-24(29(26)32)14-12-8-6-4-2/h15-21H,3-14H2,1-2H3. The lowest BCUT2D eigenvalue weighted by Crippen LogP contribution is -1.98. The number of hydrogen-bond acceptors (Lipinski definition) is 0. The monoisotopic (exact) mass is 454 g/mol. The summed E-state index contributed by atoms with van der Waals surface area (Å²) in [5.41, 5.74) is 2.12. The molecule has 0 N–H and O–H groups in total. The molecular formula is C30H37F3. The Labute approximate surface area is 197 Å². The number of unbranched alkanes of at least 4 members (excludes halogenated alkanes) is 8. The van der Waals surface area contributed by atoms with Crippen molar-refractivity contribution in [2.24, 2.45) is 0 Å². The van der Waals surface area contributed by atoms with Gasteiger partial charge in [-0.1, -0.05) is 102 Å². The summed E-state index contributed by atoms with van der Waals surface area (Å²) < 4.78 is 45.3. The third kappa shape index (κ3) is 6.62. The Bertz CT molecular complexity index is 1020. The van der Waals surface area contributed by atoms with Crippen LogP contribution in [0.4, 0.5) is 13.2 Å². The SMILES string of the molecule is CCCCCCCCc1ccc(-c2c(F)cc3c(F)c(CCCCCC)ccc3c2F)cc1. The molecule has 0 amide bonds. The van der Waals surface area contributed by atoms with Gasteiger partial charge in [0.05, 0.1) is 5.56 Å². The molecule has 0 nitrogen and oxygen atoms in total. The van der Waals surface area contributed by atoms with Gasteiger partial charge >= 0.3 is 0 Å². The first-order valence-corrected chi connectivity index (χ1v) is 12.7. The summed E-state index contributed by atoms with van der Waals surface area (Å²) in [5, 5.41) is 0.166.